The number of rotatable bonds is 2. The third kappa shape index (κ3) is 3.29. The molecule has 3 aliphatic heterocycles. The van der Waals surface area contributed by atoms with E-state index in [9.17, 15) is 5.11 Å². The third-order valence-corrected chi connectivity index (χ3v) is 6.18. The van der Waals surface area contributed by atoms with E-state index in [2.05, 4.69) is 16.7 Å². The highest BCUT2D eigenvalue weighted by atomic mass is 32.2. The van der Waals surface area contributed by atoms with Gasteiger partial charge in [0.15, 0.2) is 0 Å². The molecule has 0 aliphatic carbocycles. The standard InChI is InChI=1S/C15H27NO2S/c17-12-13-2-1-6-16(11-13)14-3-7-18-15(10-14)4-8-19-9-5-15/h13-14,17H,1-12H2. The van der Waals surface area contributed by atoms with Crippen LogP contribution in [0.5, 0.6) is 0 Å². The molecule has 3 saturated heterocycles. The summed E-state index contributed by atoms with van der Waals surface area (Å²) in [5, 5.41) is 9.40. The van der Waals surface area contributed by atoms with Crippen molar-refractivity contribution in [3.05, 3.63) is 0 Å². The van der Waals surface area contributed by atoms with Gasteiger partial charge in [-0.05, 0) is 62.5 Å². The number of aliphatic hydroxyl groups excluding tert-OH is 1. The largest absolute Gasteiger partial charge is 0.396 e. The van der Waals surface area contributed by atoms with E-state index in [-0.39, 0.29) is 5.60 Å². The van der Waals surface area contributed by atoms with Crippen molar-refractivity contribution in [3.8, 4) is 0 Å². The summed E-state index contributed by atoms with van der Waals surface area (Å²) in [6.07, 6.45) is 7.36. The second-order valence-electron chi connectivity index (χ2n) is 6.48. The lowest BCUT2D eigenvalue weighted by Crippen LogP contribution is -2.52. The first kappa shape index (κ1) is 14.2. The van der Waals surface area contributed by atoms with E-state index in [0.29, 0.717) is 18.6 Å². The first-order chi connectivity index (χ1) is 9.31. The smallest absolute Gasteiger partial charge is 0.0713 e. The maximum atomic E-state index is 9.40. The molecule has 19 heavy (non-hydrogen) atoms. The van der Waals surface area contributed by atoms with E-state index in [4.69, 9.17) is 4.74 Å². The van der Waals surface area contributed by atoms with E-state index in [1.165, 1.54) is 56.6 Å². The molecule has 0 saturated carbocycles. The summed E-state index contributed by atoms with van der Waals surface area (Å²) in [5.74, 6) is 3.05. The number of ether oxygens (including phenoxy) is 1. The van der Waals surface area contributed by atoms with E-state index < -0.39 is 0 Å². The van der Waals surface area contributed by atoms with Crippen molar-refractivity contribution in [1.82, 2.24) is 4.90 Å². The Morgan fingerprint density at radius 3 is 2.89 bits per heavy atom. The molecule has 1 N–H and O–H groups in total. The Morgan fingerprint density at radius 2 is 2.11 bits per heavy atom. The van der Waals surface area contributed by atoms with Gasteiger partial charge in [0.25, 0.3) is 0 Å². The Hall–Kier alpha value is 0.230. The summed E-state index contributed by atoms with van der Waals surface area (Å²) in [6.45, 7) is 3.63. The Bertz CT molecular complexity index is 288. The quantitative estimate of drug-likeness (QED) is 0.842. The lowest BCUT2D eigenvalue weighted by Gasteiger charge is -2.48. The van der Waals surface area contributed by atoms with Crippen molar-refractivity contribution >= 4 is 11.8 Å². The highest BCUT2D eigenvalue weighted by Gasteiger charge is 2.41. The zero-order valence-electron chi connectivity index (χ0n) is 11.9. The lowest BCUT2D eigenvalue weighted by atomic mass is 9.83. The van der Waals surface area contributed by atoms with Gasteiger partial charge in [-0.3, -0.25) is 4.90 Å². The number of likely N-dealkylation sites (tertiary alicyclic amines) is 1. The Morgan fingerprint density at radius 1 is 1.26 bits per heavy atom. The Labute approximate surface area is 121 Å². The van der Waals surface area contributed by atoms with Gasteiger partial charge < -0.3 is 9.84 Å². The van der Waals surface area contributed by atoms with Crippen LogP contribution >= 0.6 is 11.8 Å². The highest BCUT2D eigenvalue weighted by molar-refractivity contribution is 7.99. The monoisotopic (exact) mass is 285 g/mol. The maximum Gasteiger partial charge on any atom is 0.0713 e. The van der Waals surface area contributed by atoms with E-state index in [1.54, 1.807) is 0 Å². The lowest BCUT2D eigenvalue weighted by molar-refractivity contribution is -0.114. The molecule has 3 aliphatic rings. The van der Waals surface area contributed by atoms with Crippen LogP contribution in [0.15, 0.2) is 0 Å². The van der Waals surface area contributed by atoms with Gasteiger partial charge in [0.05, 0.1) is 5.60 Å². The molecule has 4 heteroatoms. The fourth-order valence-corrected chi connectivity index (χ4v) is 5.22. The average molecular weight is 285 g/mol. The van der Waals surface area contributed by atoms with Gasteiger partial charge in [-0.15, -0.1) is 0 Å². The fraction of sp³-hybridized carbons (Fsp3) is 1.00. The number of thioether (sulfide) groups is 1. The molecule has 1 spiro atoms. The van der Waals surface area contributed by atoms with Gasteiger partial charge in [-0.2, -0.15) is 11.8 Å². The topological polar surface area (TPSA) is 32.7 Å². The highest BCUT2D eigenvalue weighted by Crippen LogP contribution is 2.39. The summed E-state index contributed by atoms with van der Waals surface area (Å²) in [7, 11) is 0. The Kier molecular flexibility index (Phi) is 4.73. The summed E-state index contributed by atoms with van der Waals surface area (Å²) in [4.78, 5) is 2.65. The zero-order chi connectivity index (χ0) is 13.1. The van der Waals surface area contributed by atoms with Crippen LogP contribution < -0.4 is 0 Å². The van der Waals surface area contributed by atoms with Crippen LogP contribution in [-0.4, -0.2) is 59.5 Å². The first-order valence-corrected chi connectivity index (χ1v) is 9.03. The minimum absolute atomic E-state index is 0.195. The van der Waals surface area contributed by atoms with E-state index >= 15 is 0 Å². The Balaban J connectivity index is 1.61. The maximum absolute atomic E-state index is 9.40. The van der Waals surface area contributed by atoms with Crippen LogP contribution in [0, 0.1) is 5.92 Å². The van der Waals surface area contributed by atoms with E-state index in [0.717, 1.165) is 13.2 Å². The van der Waals surface area contributed by atoms with Gasteiger partial charge in [0.2, 0.25) is 0 Å². The molecule has 0 amide bonds. The molecule has 3 heterocycles. The molecule has 0 aromatic rings. The predicted molar refractivity (Wildman–Crippen MR) is 79.6 cm³/mol. The zero-order valence-corrected chi connectivity index (χ0v) is 12.7. The van der Waals surface area contributed by atoms with Gasteiger partial charge in [-0.1, -0.05) is 0 Å². The van der Waals surface area contributed by atoms with Gasteiger partial charge in [0, 0.05) is 25.8 Å². The van der Waals surface area contributed by atoms with Crippen LogP contribution in [0.25, 0.3) is 0 Å². The molecule has 0 aromatic carbocycles. The molecular formula is C15H27NO2S. The molecule has 3 fully saturated rings. The molecule has 2 unspecified atom stereocenters. The predicted octanol–water partition coefficient (Wildman–Crippen LogP) is 2.14. The fourth-order valence-electron chi connectivity index (χ4n) is 3.98. The average Bonchev–Trinajstić information content (AvgIpc) is 2.48. The van der Waals surface area contributed by atoms with Crippen molar-refractivity contribution < 1.29 is 9.84 Å². The third-order valence-electron chi connectivity index (χ3n) is 5.20. The molecule has 0 bridgehead atoms. The molecule has 110 valence electrons. The summed E-state index contributed by atoms with van der Waals surface area (Å²) in [5.41, 5.74) is 0.195. The molecule has 0 radical (unpaired) electrons. The van der Waals surface area contributed by atoms with Crippen LogP contribution in [-0.2, 0) is 4.74 Å². The normalized spacial score (nSPS) is 36.5. The minimum atomic E-state index is 0.195. The number of hydrogen-bond donors (Lipinski definition) is 1. The summed E-state index contributed by atoms with van der Waals surface area (Å²) in [6, 6.07) is 0.700. The van der Waals surface area contributed by atoms with Crippen molar-refractivity contribution in [2.75, 3.05) is 37.8 Å². The van der Waals surface area contributed by atoms with Crippen LogP contribution in [0.1, 0.15) is 38.5 Å². The van der Waals surface area contributed by atoms with Crippen molar-refractivity contribution in [2.24, 2.45) is 5.92 Å². The molecule has 3 rings (SSSR count). The van der Waals surface area contributed by atoms with Crippen LogP contribution in [0.2, 0.25) is 0 Å². The van der Waals surface area contributed by atoms with Crippen molar-refractivity contribution in [3.63, 3.8) is 0 Å². The van der Waals surface area contributed by atoms with Gasteiger partial charge >= 0.3 is 0 Å². The molecule has 0 aromatic heterocycles. The number of piperidine rings is 1. The molecule has 3 nitrogen and oxygen atoms in total. The van der Waals surface area contributed by atoms with Crippen molar-refractivity contribution in [2.45, 2.75) is 50.2 Å². The minimum Gasteiger partial charge on any atom is -0.396 e. The second kappa shape index (κ2) is 6.33. The number of hydrogen-bond acceptors (Lipinski definition) is 4. The van der Waals surface area contributed by atoms with Crippen LogP contribution in [0.4, 0.5) is 0 Å². The van der Waals surface area contributed by atoms with Crippen molar-refractivity contribution in [1.29, 1.82) is 0 Å². The summed E-state index contributed by atoms with van der Waals surface area (Å²) >= 11 is 2.08. The number of nitrogens with zero attached hydrogens (tertiary/aromatic N) is 1. The van der Waals surface area contributed by atoms with E-state index in [1.807, 2.05) is 0 Å². The number of aliphatic hydroxyl groups is 1. The second-order valence-corrected chi connectivity index (χ2v) is 7.70. The molecule has 2 atom stereocenters. The van der Waals surface area contributed by atoms with Gasteiger partial charge in [-0.25, -0.2) is 0 Å². The summed E-state index contributed by atoms with van der Waals surface area (Å²) < 4.78 is 6.19. The first-order valence-electron chi connectivity index (χ1n) is 7.88. The van der Waals surface area contributed by atoms with Gasteiger partial charge in [0.1, 0.15) is 0 Å². The molecular weight excluding hydrogens is 258 g/mol. The SMILES string of the molecule is OCC1CCCN(C2CCOC3(CCSCC3)C2)C1. The van der Waals surface area contributed by atoms with Crippen LogP contribution in [0.3, 0.4) is 0 Å².